The summed E-state index contributed by atoms with van der Waals surface area (Å²) in [6, 6.07) is 13.4. The van der Waals surface area contributed by atoms with E-state index in [0.29, 0.717) is 6.04 Å². The number of nitrogens with one attached hydrogen (secondary N) is 1. The van der Waals surface area contributed by atoms with Crippen molar-refractivity contribution in [2.75, 3.05) is 24.5 Å². The summed E-state index contributed by atoms with van der Waals surface area (Å²) in [6.07, 6.45) is 5.35. The van der Waals surface area contributed by atoms with Crippen molar-refractivity contribution in [2.45, 2.75) is 31.7 Å². The summed E-state index contributed by atoms with van der Waals surface area (Å²) in [4.78, 5) is 7.25. The van der Waals surface area contributed by atoms with Crippen molar-refractivity contribution in [1.82, 2.24) is 10.3 Å². The zero-order chi connectivity index (χ0) is 14.1. The van der Waals surface area contributed by atoms with Crippen LogP contribution in [0.5, 0.6) is 0 Å². The molecule has 21 heavy (non-hydrogen) atoms. The summed E-state index contributed by atoms with van der Waals surface area (Å²) in [5.74, 6) is 2.11. The third-order valence-electron chi connectivity index (χ3n) is 4.79. The molecular formula is C18H23N3. The summed E-state index contributed by atoms with van der Waals surface area (Å²) in [5.41, 5.74) is 1.10. The number of para-hydroxylation sites is 1. The molecule has 0 bridgehead atoms. The minimum absolute atomic E-state index is 0.710. The second-order valence-electron chi connectivity index (χ2n) is 6.48. The molecule has 3 heteroatoms. The first-order valence-electron chi connectivity index (χ1n) is 8.22. The molecule has 3 nitrogen and oxygen atoms in total. The Labute approximate surface area is 126 Å². The lowest BCUT2D eigenvalue weighted by Gasteiger charge is -2.33. The van der Waals surface area contributed by atoms with E-state index in [4.69, 9.17) is 4.98 Å². The highest BCUT2D eigenvalue weighted by molar-refractivity contribution is 5.80. The molecule has 2 aliphatic rings. The maximum absolute atomic E-state index is 4.81. The fraction of sp³-hybridized carbons (Fsp3) is 0.500. The van der Waals surface area contributed by atoms with Crippen molar-refractivity contribution < 1.29 is 0 Å². The van der Waals surface area contributed by atoms with E-state index in [1.807, 2.05) is 0 Å². The van der Waals surface area contributed by atoms with Gasteiger partial charge in [-0.1, -0.05) is 18.2 Å². The normalized spacial score (nSPS) is 20.1. The van der Waals surface area contributed by atoms with Gasteiger partial charge in [-0.3, -0.25) is 0 Å². The van der Waals surface area contributed by atoms with E-state index in [2.05, 4.69) is 46.6 Å². The van der Waals surface area contributed by atoms with Gasteiger partial charge in [0.2, 0.25) is 0 Å². The highest BCUT2D eigenvalue weighted by Crippen LogP contribution is 2.28. The number of anilines is 1. The molecule has 1 aliphatic heterocycles. The molecule has 1 saturated heterocycles. The van der Waals surface area contributed by atoms with Gasteiger partial charge in [-0.2, -0.15) is 0 Å². The molecule has 0 radical (unpaired) electrons. The van der Waals surface area contributed by atoms with Gasteiger partial charge in [0.25, 0.3) is 0 Å². The molecule has 1 aromatic carbocycles. The first-order chi connectivity index (χ1) is 10.4. The number of hydrogen-bond acceptors (Lipinski definition) is 3. The number of nitrogens with zero attached hydrogens (tertiary/aromatic N) is 2. The second-order valence-corrected chi connectivity index (χ2v) is 6.48. The van der Waals surface area contributed by atoms with Gasteiger partial charge in [0.1, 0.15) is 5.82 Å². The number of piperidine rings is 1. The van der Waals surface area contributed by atoms with Crippen LogP contribution in [0, 0.1) is 5.92 Å². The van der Waals surface area contributed by atoms with Gasteiger partial charge in [-0.15, -0.1) is 0 Å². The van der Waals surface area contributed by atoms with Crippen molar-refractivity contribution in [1.29, 1.82) is 0 Å². The molecule has 2 aromatic rings. The smallest absolute Gasteiger partial charge is 0.129 e. The predicted molar refractivity (Wildman–Crippen MR) is 87.7 cm³/mol. The van der Waals surface area contributed by atoms with E-state index in [0.717, 1.165) is 30.3 Å². The summed E-state index contributed by atoms with van der Waals surface area (Å²) < 4.78 is 0. The summed E-state index contributed by atoms with van der Waals surface area (Å²) >= 11 is 0. The van der Waals surface area contributed by atoms with E-state index in [-0.39, 0.29) is 0 Å². The Morgan fingerprint density at radius 2 is 1.81 bits per heavy atom. The lowest BCUT2D eigenvalue weighted by Crippen LogP contribution is -2.43. The van der Waals surface area contributed by atoms with Crippen LogP contribution in [0.15, 0.2) is 36.4 Å². The Bertz CT molecular complexity index is 613. The van der Waals surface area contributed by atoms with E-state index in [9.17, 15) is 0 Å². The van der Waals surface area contributed by atoms with Crippen molar-refractivity contribution in [3.8, 4) is 0 Å². The molecule has 0 amide bonds. The van der Waals surface area contributed by atoms with Gasteiger partial charge in [-0.05, 0) is 56.3 Å². The molecule has 110 valence electrons. The van der Waals surface area contributed by atoms with Crippen LogP contribution in [0.2, 0.25) is 0 Å². The lowest BCUT2D eigenvalue weighted by atomic mass is 10.0. The highest BCUT2D eigenvalue weighted by atomic mass is 15.2. The molecule has 1 N–H and O–H groups in total. The molecule has 2 heterocycles. The van der Waals surface area contributed by atoms with Gasteiger partial charge >= 0.3 is 0 Å². The van der Waals surface area contributed by atoms with E-state index >= 15 is 0 Å². The van der Waals surface area contributed by atoms with Crippen molar-refractivity contribution in [3.05, 3.63) is 36.4 Å². The van der Waals surface area contributed by atoms with Gasteiger partial charge in [0.05, 0.1) is 5.52 Å². The molecule has 2 fully saturated rings. The maximum atomic E-state index is 4.81. The molecule has 1 aliphatic carbocycles. The first kappa shape index (κ1) is 13.1. The van der Waals surface area contributed by atoms with Gasteiger partial charge in [0, 0.05) is 24.5 Å². The third kappa shape index (κ3) is 3.03. The summed E-state index contributed by atoms with van der Waals surface area (Å²) in [5, 5.41) is 4.96. The summed E-state index contributed by atoms with van der Waals surface area (Å²) in [7, 11) is 0. The van der Waals surface area contributed by atoms with Crippen LogP contribution in [-0.4, -0.2) is 30.7 Å². The zero-order valence-corrected chi connectivity index (χ0v) is 12.5. The highest BCUT2D eigenvalue weighted by Gasteiger charge is 2.24. The molecule has 0 spiro atoms. The quantitative estimate of drug-likeness (QED) is 0.933. The van der Waals surface area contributed by atoms with E-state index < -0.39 is 0 Å². The topological polar surface area (TPSA) is 28.2 Å². The zero-order valence-electron chi connectivity index (χ0n) is 12.5. The molecule has 1 saturated carbocycles. The average Bonchev–Trinajstić information content (AvgIpc) is 3.37. The van der Waals surface area contributed by atoms with Crippen molar-refractivity contribution in [3.63, 3.8) is 0 Å². The van der Waals surface area contributed by atoms with E-state index in [1.165, 1.54) is 37.6 Å². The van der Waals surface area contributed by atoms with Crippen molar-refractivity contribution >= 4 is 16.7 Å². The van der Waals surface area contributed by atoms with Crippen molar-refractivity contribution in [2.24, 2.45) is 5.92 Å². The van der Waals surface area contributed by atoms with Gasteiger partial charge < -0.3 is 10.2 Å². The van der Waals surface area contributed by atoms with Crippen LogP contribution in [-0.2, 0) is 0 Å². The number of hydrogen-bond donors (Lipinski definition) is 1. The first-order valence-corrected chi connectivity index (χ1v) is 8.22. The maximum Gasteiger partial charge on any atom is 0.129 e. The van der Waals surface area contributed by atoms with Crippen LogP contribution in [0.3, 0.4) is 0 Å². The Hall–Kier alpha value is -1.61. The van der Waals surface area contributed by atoms with Crippen LogP contribution in [0.25, 0.3) is 10.9 Å². The van der Waals surface area contributed by atoms with Crippen LogP contribution < -0.4 is 10.2 Å². The standard InChI is InChI=1S/C18H23N3/c1-2-4-17-15(3-1)7-8-18(20-17)21-11-9-16(10-12-21)19-13-14-5-6-14/h1-4,7-8,14,16,19H,5-6,9-13H2. The average molecular weight is 281 g/mol. The monoisotopic (exact) mass is 281 g/mol. The van der Waals surface area contributed by atoms with Crippen LogP contribution in [0.4, 0.5) is 5.82 Å². The van der Waals surface area contributed by atoms with E-state index in [1.54, 1.807) is 0 Å². The lowest BCUT2D eigenvalue weighted by molar-refractivity contribution is 0.408. The molecule has 0 atom stereocenters. The Morgan fingerprint density at radius 3 is 2.62 bits per heavy atom. The third-order valence-corrected chi connectivity index (χ3v) is 4.79. The number of aromatic nitrogens is 1. The van der Waals surface area contributed by atoms with Crippen LogP contribution in [0.1, 0.15) is 25.7 Å². The molecule has 4 rings (SSSR count). The number of fused-ring (bicyclic) bond motifs is 1. The Kier molecular flexibility index (Phi) is 3.52. The molecule has 0 unspecified atom stereocenters. The number of pyridine rings is 1. The second kappa shape index (κ2) is 5.64. The predicted octanol–water partition coefficient (Wildman–Crippen LogP) is 3.20. The fourth-order valence-corrected chi connectivity index (χ4v) is 3.20. The molecular weight excluding hydrogens is 258 g/mol. The van der Waals surface area contributed by atoms with Gasteiger partial charge in [0.15, 0.2) is 0 Å². The summed E-state index contributed by atoms with van der Waals surface area (Å²) in [6.45, 7) is 3.47. The van der Waals surface area contributed by atoms with Crippen LogP contribution >= 0.6 is 0 Å². The Morgan fingerprint density at radius 1 is 1.00 bits per heavy atom. The SMILES string of the molecule is c1ccc2nc(N3CCC(NCC4CC4)CC3)ccc2c1. The Balaban J connectivity index is 1.39. The number of benzene rings is 1. The largest absolute Gasteiger partial charge is 0.356 e. The minimum atomic E-state index is 0.710. The number of rotatable bonds is 4. The van der Waals surface area contributed by atoms with Gasteiger partial charge in [-0.25, -0.2) is 4.98 Å². The fourth-order valence-electron chi connectivity index (χ4n) is 3.20. The molecule has 1 aromatic heterocycles. The minimum Gasteiger partial charge on any atom is -0.356 e.